The van der Waals surface area contributed by atoms with E-state index in [0.717, 1.165) is 17.0 Å². The SMILES string of the molecule is CCOc1ccc(N2C(=O)CS[C@@H]2c2cccc([N+](=O)[O-])c2)cc1. The van der Waals surface area contributed by atoms with Gasteiger partial charge in [-0.05, 0) is 36.8 Å². The monoisotopic (exact) mass is 344 g/mol. The summed E-state index contributed by atoms with van der Waals surface area (Å²) in [7, 11) is 0. The van der Waals surface area contributed by atoms with Crippen molar-refractivity contribution in [2.24, 2.45) is 0 Å². The van der Waals surface area contributed by atoms with E-state index in [1.807, 2.05) is 37.3 Å². The van der Waals surface area contributed by atoms with E-state index in [-0.39, 0.29) is 17.0 Å². The Morgan fingerprint density at radius 3 is 2.71 bits per heavy atom. The fourth-order valence-corrected chi connectivity index (χ4v) is 3.78. The van der Waals surface area contributed by atoms with Gasteiger partial charge in [-0.2, -0.15) is 0 Å². The van der Waals surface area contributed by atoms with Crippen LogP contribution in [-0.4, -0.2) is 23.2 Å². The number of hydrogen-bond acceptors (Lipinski definition) is 5. The summed E-state index contributed by atoms with van der Waals surface area (Å²) in [5, 5.41) is 10.7. The van der Waals surface area contributed by atoms with E-state index in [4.69, 9.17) is 4.74 Å². The van der Waals surface area contributed by atoms with E-state index in [0.29, 0.717) is 12.4 Å². The number of carbonyl (C=O) groups is 1. The third-order valence-electron chi connectivity index (χ3n) is 3.66. The molecule has 0 saturated carbocycles. The molecule has 0 bridgehead atoms. The number of nitro benzene ring substituents is 1. The van der Waals surface area contributed by atoms with Crippen molar-refractivity contribution < 1.29 is 14.5 Å². The lowest BCUT2D eigenvalue weighted by Crippen LogP contribution is -2.27. The molecule has 24 heavy (non-hydrogen) atoms. The summed E-state index contributed by atoms with van der Waals surface area (Å²) in [6, 6.07) is 13.7. The molecular formula is C17H16N2O4S. The van der Waals surface area contributed by atoms with Crippen molar-refractivity contribution in [3.63, 3.8) is 0 Å². The van der Waals surface area contributed by atoms with E-state index in [1.165, 1.54) is 23.9 Å². The summed E-state index contributed by atoms with van der Waals surface area (Å²) < 4.78 is 5.42. The Balaban J connectivity index is 1.92. The standard InChI is InChI=1S/C17H16N2O4S/c1-2-23-15-8-6-13(7-9-15)18-16(20)11-24-17(18)12-4-3-5-14(10-12)19(21)22/h3-10,17H,2,11H2,1H3/t17-/m1/s1. The average Bonchev–Trinajstić information content (AvgIpc) is 2.98. The predicted molar refractivity (Wildman–Crippen MR) is 93.4 cm³/mol. The Hall–Kier alpha value is -2.54. The molecule has 3 rings (SSSR count). The van der Waals surface area contributed by atoms with Crippen LogP contribution in [0.4, 0.5) is 11.4 Å². The summed E-state index contributed by atoms with van der Waals surface area (Å²) in [6.07, 6.45) is 0. The molecule has 1 amide bonds. The van der Waals surface area contributed by atoms with Crippen molar-refractivity contribution in [2.75, 3.05) is 17.3 Å². The van der Waals surface area contributed by atoms with Gasteiger partial charge in [0.2, 0.25) is 5.91 Å². The van der Waals surface area contributed by atoms with Gasteiger partial charge in [0, 0.05) is 17.8 Å². The topological polar surface area (TPSA) is 72.7 Å². The Kier molecular flexibility index (Phi) is 4.71. The molecule has 1 heterocycles. The molecule has 1 aliphatic heterocycles. The van der Waals surface area contributed by atoms with E-state index in [2.05, 4.69) is 0 Å². The summed E-state index contributed by atoms with van der Waals surface area (Å²) in [5.74, 6) is 1.08. The van der Waals surface area contributed by atoms with Crippen LogP contribution in [0.25, 0.3) is 0 Å². The maximum absolute atomic E-state index is 12.3. The second kappa shape index (κ2) is 6.92. The van der Waals surface area contributed by atoms with Crippen LogP contribution in [0, 0.1) is 10.1 Å². The van der Waals surface area contributed by atoms with E-state index in [9.17, 15) is 14.9 Å². The van der Waals surface area contributed by atoms with Gasteiger partial charge in [0.15, 0.2) is 0 Å². The highest BCUT2D eigenvalue weighted by Gasteiger charge is 2.34. The number of non-ortho nitro benzene ring substituents is 1. The Labute approximate surface area is 143 Å². The number of nitro groups is 1. The van der Waals surface area contributed by atoms with Crippen molar-refractivity contribution in [1.29, 1.82) is 0 Å². The molecule has 1 atom stereocenters. The summed E-state index contributed by atoms with van der Waals surface area (Å²) in [4.78, 5) is 24.6. The molecule has 7 heteroatoms. The van der Waals surface area contributed by atoms with Crippen LogP contribution in [0.1, 0.15) is 17.9 Å². The second-order valence-corrected chi connectivity index (χ2v) is 6.27. The lowest BCUT2D eigenvalue weighted by atomic mass is 10.1. The molecule has 1 fully saturated rings. The molecule has 2 aromatic rings. The second-order valence-electron chi connectivity index (χ2n) is 5.21. The van der Waals surface area contributed by atoms with Crippen molar-refractivity contribution in [1.82, 2.24) is 0 Å². The highest BCUT2D eigenvalue weighted by atomic mass is 32.2. The molecule has 0 aliphatic carbocycles. The number of ether oxygens (including phenoxy) is 1. The molecule has 0 aromatic heterocycles. The van der Waals surface area contributed by atoms with Gasteiger partial charge in [0.25, 0.3) is 5.69 Å². The Bertz CT molecular complexity index is 763. The largest absolute Gasteiger partial charge is 0.494 e. The summed E-state index contributed by atoms with van der Waals surface area (Å²) in [6.45, 7) is 2.49. The van der Waals surface area contributed by atoms with E-state index < -0.39 is 4.92 Å². The quantitative estimate of drug-likeness (QED) is 0.610. The molecule has 1 saturated heterocycles. The molecule has 0 spiro atoms. The molecule has 0 N–H and O–H groups in total. The van der Waals surface area contributed by atoms with Crippen molar-refractivity contribution in [3.8, 4) is 5.75 Å². The third-order valence-corrected chi connectivity index (χ3v) is 4.87. The molecule has 1 aliphatic rings. The minimum atomic E-state index is -0.424. The smallest absolute Gasteiger partial charge is 0.269 e. The van der Waals surface area contributed by atoms with Gasteiger partial charge in [0.1, 0.15) is 11.1 Å². The fraction of sp³-hybridized carbons (Fsp3) is 0.235. The minimum Gasteiger partial charge on any atom is -0.494 e. The first-order valence-corrected chi connectivity index (χ1v) is 8.56. The first kappa shape index (κ1) is 16.3. The lowest BCUT2D eigenvalue weighted by molar-refractivity contribution is -0.384. The molecule has 124 valence electrons. The molecule has 0 unspecified atom stereocenters. The van der Waals surface area contributed by atoms with E-state index in [1.54, 1.807) is 11.0 Å². The Morgan fingerprint density at radius 1 is 1.29 bits per heavy atom. The molecule has 6 nitrogen and oxygen atoms in total. The minimum absolute atomic E-state index is 0.0133. The maximum Gasteiger partial charge on any atom is 0.269 e. The van der Waals surface area contributed by atoms with Gasteiger partial charge in [-0.25, -0.2) is 0 Å². The fourth-order valence-electron chi connectivity index (χ4n) is 2.61. The van der Waals surface area contributed by atoms with Gasteiger partial charge >= 0.3 is 0 Å². The van der Waals surface area contributed by atoms with Crippen molar-refractivity contribution in [2.45, 2.75) is 12.3 Å². The zero-order valence-electron chi connectivity index (χ0n) is 13.0. The van der Waals surface area contributed by atoms with Crippen LogP contribution in [0.5, 0.6) is 5.75 Å². The van der Waals surface area contributed by atoms with Gasteiger partial charge in [-0.1, -0.05) is 12.1 Å². The van der Waals surface area contributed by atoms with Crippen LogP contribution < -0.4 is 9.64 Å². The summed E-state index contributed by atoms with van der Waals surface area (Å²) in [5.41, 5.74) is 1.53. The summed E-state index contributed by atoms with van der Waals surface area (Å²) >= 11 is 1.46. The average molecular weight is 344 g/mol. The number of anilines is 1. The number of amides is 1. The number of rotatable bonds is 5. The van der Waals surface area contributed by atoms with Crippen LogP contribution in [0.15, 0.2) is 48.5 Å². The zero-order chi connectivity index (χ0) is 17.1. The predicted octanol–water partition coefficient (Wildman–Crippen LogP) is 3.77. The van der Waals surface area contributed by atoms with E-state index >= 15 is 0 Å². The van der Waals surface area contributed by atoms with Crippen LogP contribution in [0.3, 0.4) is 0 Å². The number of nitrogens with zero attached hydrogens (tertiary/aromatic N) is 2. The van der Waals surface area contributed by atoms with Crippen LogP contribution >= 0.6 is 11.8 Å². The van der Waals surface area contributed by atoms with Crippen molar-refractivity contribution in [3.05, 3.63) is 64.2 Å². The molecular weight excluding hydrogens is 328 g/mol. The van der Waals surface area contributed by atoms with Gasteiger partial charge < -0.3 is 4.74 Å². The first-order chi connectivity index (χ1) is 11.6. The van der Waals surface area contributed by atoms with Crippen LogP contribution in [-0.2, 0) is 4.79 Å². The van der Waals surface area contributed by atoms with Gasteiger partial charge in [-0.3, -0.25) is 19.8 Å². The highest BCUT2D eigenvalue weighted by Crippen LogP contribution is 2.42. The third kappa shape index (κ3) is 3.21. The number of carbonyl (C=O) groups excluding carboxylic acids is 1. The lowest BCUT2D eigenvalue weighted by Gasteiger charge is -2.24. The van der Waals surface area contributed by atoms with Gasteiger partial charge in [-0.15, -0.1) is 11.8 Å². The van der Waals surface area contributed by atoms with Crippen molar-refractivity contribution >= 4 is 29.0 Å². The van der Waals surface area contributed by atoms with Gasteiger partial charge in [0.05, 0.1) is 17.3 Å². The Morgan fingerprint density at radius 2 is 2.04 bits per heavy atom. The van der Waals surface area contributed by atoms with Crippen LogP contribution in [0.2, 0.25) is 0 Å². The zero-order valence-corrected chi connectivity index (χ0v) is 13.9. The number of benzene rings is 2. The number of hydrogen-bond donors (Lipinski definition) is 0. The highest BCUT2D eigenvalue weighted by molar-refractivity contribution is 8.00. The normalized spacial score (nSPS) is 17.1. The molecule has 0 radical (unpaired) electrons. The maximum atomic E-state index is 12.3. The number of thioether (sulfide) groups is 1. The molecule has 2 aromatic carbocycles. The first-order valence-electron chi connectivity index (χ1n) is 7.51.